The molecule has 3 heteroatoms. The average molecular weight is 143 g/mol. The van der Waals surface area contributed by atoms with Crippen molar-refractivity contribution in [2.24, 2.45) is 4.99 Å². The van der Waals surface area contributed by atoms with Crippen molar-refractivity contribution < 1.29 is 9.53 Å². The standard InChI is InChI=1S/C7H13NO2/c1-3-5-7(8-6-9)10-4-2/h7H,3-5H2,1-2H3. The Kier molecular flexibility index (Phi) is 6.03. The van der Waals surface area contributed by atoms with Gasteiger partial charge in [-0.3, -0.25) is 0 Å². The Bertz CT molecular complexity index is 113. The molecule has 0 aromatic heterocycles. The van der Waals surface area contributed by atoms with Crippen LogP contribution < -0.4 is 0 Å². The van der Waals surface area contributed by atoms with Gasteiger partial charge in [-0.1, -0.05) is 13.3 Å². The number of carbonyl (C=O) groups excluding carboxylic acids is 1. The van der Waals surface area contributed by atoms with Crippen molar-refractivity contribution in [1.82, 2.24) is 0 Å². The Morgan fingerprint density at radius 2 is 2.30 bits per heavy atom. The van der Waals surface area contributed by atoms with Gasteiger partial charge >= 0.3 is 0 Å². The molecule has 58 valence electrons. The van der Waals surface area contributed by atoms with Crippen molar-refractivity contribution in [2.75, 3.05) is 6.61 Å². The van der Waals surface area contributed by atoms with Crippen molar-refractivity contribution in [3.05, 3.63) is 0 Å². The quantitative estimate of drug-likeness (QED) is 0.432. The van der Waals surface area contributed by atoms with Crippen LogP contribution in [-0.4, -0.2) is 18.9 Å². The van der Waals surface area contributed by atoms with Crippen molar-refractivity contribution in [3.8, 4) is 0 Å². The van der Waals surface area contributed by atoms with E-state index in [1.54, 1.807) is 0 Å². The van der Waals surface area contributed by atoms with Gasteiger partial charge in [0.2, 0.25) is 6.08 Å². The molecule has 0 aromatic carbocycles. The third kappa shape index (κ3) is 4.24. The zero-order valence-electron chi connectivity index (χ0n) is 6.46. The fourth-order valence-corrected chi connectivity index (χ4v) is 0.683. The monoisotopic (exact) mass is 143 g/mol. The van der Waals surface area contributed by atoms with Crippen molar-refractivity contribution >= 4 is 6.08 Å². The highest BCUT2D eigenvalue weighted by Gasteiger charge is 2.02. The van der Waals surface area contributed by atoms with Crippen LogP contribution in [0.5, 0.6) is 0 Å². The Labute approximate surface area is 61.1 Å². The predicted octanol–water partition coefficient (Wildman–Crippen LogP) is 1.48. The molecule has 0 saturated heterocycles. The summed E-state index contributed by atoms with van der Waals surface area (Å²) < 4.78 is 5.09. The number of aliphatic imine (C=N–C) groups is 1. The molecule has 1 unspecified atom stereocenters. The molecule has 0 radical (unpaired) electrons. The lowest BCUT2D eigenvalue weighted by Gasteiger charge is -2.07. The number of rotatable bonds is 5. The molecule has 0 aromatic rings. The molecule has 0 spiro atoms. The first-order chi connectivity index (χ1) is 4.85. The maximum Gasteiger partial charge on any atom is 0.237 e. The first-order valence-corrected chi connectivity index (χ1v) is 3.53. The zero-order valence-corrected chi connectivity index (χ0v) is 6.46. The van der Waals surface area contributed by atoms with Crippen molar-refractivity contribution in [2.45, 2.75) is 32.9 Å². The summed E-state index contributed by atoms with van der Waals surface area (Å²) in [5.74, 6) is 0. The summed E-state index contributed by atoms with van der Waals surface area (Å²) in [5, 5.41) is 0. The van der Waals surface area contributed by atoms with E-state index in [-0.39, 0.29) is 6.23 Å². The van der Waals surface area contributed by atoms with E-state index in [1.165, 1.54) is 6.08 Å². The minimum absolute atomic E-state index is 0.271. The minimum Gasteiger partial charge on any atom is -0.356 e. The number of hydrogen-bond donors (Lipinski definition) is 0. The van der Waals surface area contributed by atoms with Crippen LogP contribution in [0.25, 0.3) is 0 Å². The third-order valence-electron chi connectivity index (χ3n) is 1.09. The largest absolute Gasteiger partial charge is 0.356 e. The Morgan fingerprint density at radius 3 is 2.70 bits per heavy atom. The summed E-state index contributed by atoms with van der Waals surface area (Å²) in [6.45, 7) is 4.49. The van der Waals surface area contributed by atoms with E-state index in [2.05, 4.69) is 4.99 Å². The molecular weight excluding hydrogens is 130 g/mol. The van der Waals surface area contributed by atoms with E-state index < -0.39 is 0 Å². The van der Waals surface area contributed by atoms with Gasteiger partial charge in [-0.25, -0.2) is 4.79 Å². The Balaban J connectivity index is 3.60. The fourth-order valence-electron chi connectivity index (χ4n) is 0.683. The molecule has 0 rings (SSSR count). The first-order valence-electron chi connectivity index (χ1n) is 3.53. The summed E-state index contributed by atoms with van der Waals surface area (Å²) in [5.41, 5.74) is 0. The van der Waals surface area contributed by atoms with Gasteiger partial charge in [0.05, 0.1) is 0 Å². The summed E-state index contributed by atoms with van der Waals surface area (Å²) in [7, 11) is 0. The molecule has 0 heterocycles. The molecular formula is C7H13NO2. The van der Waals surface area contributed by atoms with Gasteiger partial charge in [0.1, 0.15) is 0 Å². The second kappa shape index (κ2) is 6.46. The maximum absolute atomic E-state index is 9.79. The number of hydrogen-bond acceptors (Lipinski definition) is 3. The second-order valence-electron chi connectivity index (χ2n) is 1.92. The molecule has 0 aliphatic rings. The number of nitrogens with zero attached hydrogens (tertiary/aromatic N) is 1. The maximum atomic E-state index is 9.79. The highest BCUT2D eigenvalue weighted by atomic mass is 16.5. The number of ether oxygens (including phenoxy) is 1. The van der Waals surface area contributed by atoms with Crippen LogP contribution in [0.1, 0.15) is 26.7 Å². The van der Waals surface area contributed by atoms with Crippen molar-refractivity contribution in [1.29, 1.82) is 0 Å². The van der Waals surface area contributed by atoms with Crippen LogP contribution in [0.15, 0.2) is 4.99 Å². The van der Waals surface area contributed by atoms with Crippen molar-refractivity contribution in [3.63, 3.8) is 0 Å². The zero-order chi connectivity index (χ0) is 7.82. The van der Waals surface area contributed by atoms with Gasteiger partial charge < -0.3 is 4.74 Å². The summed E-state index contributed by atoms with van der Waals surface area (Å²) >= 11 is 0. The summed E-state index contributed by atoms with van der Waals surface area (Å²) in [4.78, 5) is 13.3. The van der Waals surface area contributed by atoms with Crippen LogP contribution in [0.4, 0.5) is 0 Å². The van der Waals surface area contributed by atoms with Gasteiger partial charge in [0.15, 0.2) is 6.23 Å². The predicted molar refractivity (Wildman–Crippen MR) is 38.4 cm³/mol. The van der Waals surface area contributed by atoms with Gasteiger partial charge in [-0.05, 0) is 13.3 Å². The highest BCUT2D eigenvalue weighted by molar-refractivity contribution is 5.33. The van der Waals surface area contributed by atoms with Gasteiger partial charge in [0, 0.05) is 6.61 Å². The molecule has 0 N–H and O–H groups in total. The first kappa shape index (κ1) is 9.34. The molecule has 0 saturated carbocycles. The third-order valence-corrected chi connectivity index (χ3v) is 1.09. The molecule has 0 bridgehead atoms. The van der Waals surface area contributed by atoms with Crippen LogP contribution >= 0.6 is 0 Å². The molecule has 10 heavy (non-hydrogen) atoms. The molecule has 1 atom stereocenters. The molecule has 0 aliphatic carbocycles. The van der Waals surface area contributed by atoms with Gasteiger partial charge in [-0.15, -0.1) is 0 Å². The SMILES string of the molecule is CCCC(N=C=O)OCC. The van der Waals surface area contributed by atoms with E-state index in [9.17, 15) is 4.79 Å². The highest BCUT2D eigenvalue weighted by Crippen LogP contribution is 2.01. The van der Waals surface area contributed by atoms with Crippen LogP contribution in [0, 0.1) is 0 Å². The minimum atomic E-state index is -0.271. The fraction of sp³-hybridized carbons (Fsp3) is 0.857. The Hall–Kier alpha value is -0.660. The van der Waals surface area contributed by atoms with E-state index in [0.717, 1.165) is 12.8 Å². The molecule has 0 fully saturated rings. The summed E-state index contributed by atoms with van der Waals surface area (Å²) in [6.07, 6.45) is 2.98. The van der Waals surface area contributed by atoms with Crippen LogP contribution in [0.2, 0.25) is 0 Å². The van der Waals surface area contributed by atoms with Crippen LogP contribution in [0.3, 0.4) is 0 Å². The molecule has 0 amide bonds. The van der Waals surface area contributed by atoms with E-state index in [0.29, 0.717) is 6.61 Å². The molecule has 0 aliphatic heterocycles. The lowest BCUT2D eigenvalue weighted by atomic mass is 10.3. The van der Waals surface area contributed by atoms with Gasteiger partial charge in [0.25, 0.3) is 0 Å². The lowest BCUT2D eigenvalue weighted by Crippen LogP contribution is -2.08. The second-order valence-corrected chi connectivity index (χ2v) is 1.92. The van der Waals surface area contributed by atoms with Crippen LogP contribution in [-0.2, 0) is 9.53 Å². The lowest BCUT2D eigenvalue weighted by molar-refractivity contribution is 0.0630. The topological polar surface area (TPSA) is 38.7 Å². The molecule has 3 nitrogen and oxygen atoms in total. The average Bonchev–Trinajstić information content (AvgIpc) is 1.90. The van der Waals surface area contributed by atoms with Gasteiger partial charge in [-0.2, -0.15) is 4.99 Å². The normalized spacial score (nSPS) is 12.2. The van der Waals surface area contributed by atoms with E-state index >= 15 is 0 Å². The van der Waals surface area contributed by atoms with E-state index in [4.69, 9.17) is 4.74 Å². The smallest absolute Gasteiger partial charge is 0.237 e. The number of isocyanates is 1. The van der Waals surface area contributed by atoms with E-state index in [1.807, 2.05) is 13.8 Å². The summed E-state index contributed by atoms with van der Waals surface area (Å²) in [6, 6.07) is 0. The Morgan fingerprint density at radius 1 is 1.60 bits per heavy atom.